The Morgan fingerprint density at radius 2 is 1.77 bits per heavy atom. The summed E-state index contributed by atoms with van der Waals surface area (Å²) in [6.45, 7) is 3.12. The Labute approximate surface area is 177 Å². The van der Waals surface area contributed by atoms with Crippen molar-refractivity contribution in [1.29, 1.82) is 0 Å². The molecule has 4 nitrogen and oxygen atoms in total. The standard InChI is InChI=1S/C21H27F6N3O/c1-14(19(30-10-8-28-9-11-30)4-6-20(23,24)7-5-19)29-18(31)16-3-2-15(13-22)12-17(16)21(25,26)27/h2-3,12,14,28H,4-11,13H2,1H3,(H,29,31). The average Bonchev–Trinajstić information content (AvgIpc) is 2.73. The van der Waals surface area contributed by atoms with Crippen molar-refractivity contribution >= 4 is 5.91 Å². The van der Waals surface area contributed by atoms with Gasteiger partial charge in [-0.1, -0.05) is 6.07 Å². The second kappa shape index (κ2) is 8.97. The van der Waals surface area contributed by atoms with E-state index in [9.17, 15) is 31.1 Å². The number of amides is 1. The molecule has 2 aliphatic rings. The van der Waals surface area contributed by atoms with E-state index in [1.165, 1.54) is 0 Å². The normalized spacial score (nSPS) is 22.7. The van der Waals surface area contributed by atoms with E-state index in [0.29, 0.717) is 32.2 Å². The van der Waals surface area contributed by atoms with E-state index in [2.05, 4.69) is 15.5 Å². The Morgan fingerprint density at radius 3 is 2.32 bits per heavy atom. The van der Waals surface area contributed by atoms with Crippen molar-refractivity contribution in [2.75, 3.05) is 26.2 Å². The Balaban J connectivity index is 1.87. The topological polar surface area (TPSA) is 44.4 Å². The Hall–Kier alpha value is -1.81. The maximum absolute atomic E-state index is 13.9. The number of halogens is 6. The molecule has 2 fully saturated rings. The molecular formula is C21H27F6N3O. The first-order valence-corrected chi connectivity index (χ1v) is 10.4. The Kier molecular flexibility index (Phi) is 6.90. The van der Waals surface area contributed by atoms with E-state index in [0.717, 1.165) is 12.1 Å². The molecule has 1 saturated carbocycles. The van der Waals surface area contributed by atoms with Gasteiger partial charge in [0.05, 0.1) is 11.1 Å². The zero-order valence-corrected chi connectivity index (χ0v) is 17.3. The molecule has 0 aromatic heterocycles. The van der Waals surface area contributed by atoms with Crippen molar-refractivity contribution in [3.63, 3.8) is 0 Å². The molecule has 1 unspecified atom stereocenters. The highest BCUT2D eigenvalue weighted by atomic mass is 19.4. The van der Waals surface area contributed by atoms with Crippen LogP contribution in [0.1, 0.15) is 54.1 Å². The lowest BCUT2D eigenvalue weighted by Crippen LogP contribution is -2.66. The third-order valence-electron chi connectivity index (χ3n) is 6.54. The molecule has 1 heterocycles. The van der Waals surface area contributed by atoms with Gasteiger partial charge >= 0.3 is 6.18 Å². The third-order valence-corrected chi connectivity index (χ3v) is 6.54. The number of piperazine rings is 1. The number of benzene rings is 1. The first-order valence-electron chi connectivity index (χ1n) is 10.4. The van der Waals surface area contributed by atoms with Crippen LogP contribution in [-0.4, -0.2) is 54.5 Å². The number of hydrogen-bond donors (Lipinski definition) is 2. The lowest BCUT2D eigenvalue weighted by atomic mass is 9.73. The molecule has 3 rings (SSSR count). The van der Waals surface area contributed by atoms with E-state index < -0.39 is 47.4 Å². The van der Waals surface area contributed by atoms with Crippen LogP contribution < -0.4 is 10.6 Å². The minimum absolute atomic E-state index is 0.133. The summed E-state index contributed by atoms with van der Waals surface area (Å²) in [7, 11) is 0. The van der Waals surface area contributed by atoms with E-state index in [1.807, 2.05) is 0 Å². The van der Waals surface area contributed by atoms with Crippen LogP contribution in [0.15, 0.2) is 18.2 Å². The van der Waals surface area contributed by atoms with Crippen LogP contribution in [0.4, 0.5) is 26.3 Å². The first-order chi connectivity index (χ1) is 14.5. The maximum atomic E-state index is 13.9. The number of carbonyl (C=O) groups excluding carboxylic acids is 1. The monoisotopic (exact) mass is 451 g/mol. The second-order valence-corrected chi connectivity index (χ2v) is 8.40. The fourth-order valence-corrected chi connectivity index (χ4v) is 4.70. The number of carbonyl (C=O) groups is 1. The molecule has 1 atom stereocenters. The Morgan fingerprint density at radius 1 is 1.16 bits per heavy atom. The molecule has 2 N–H and O–H groups in total. The number of nitrogens with one attached hydrogen (secondary N) is 2. The lowest BCUT2D eigenvalue weighted by Gasteiger charge is -2.52. The van der Waals surface area contributed by atoms with Crippen molar-refractivity contribution in [3.05, 3.63) is 34.9 Å². The molecule has 1 saturated heterocycles. The minimum Gasteiger partial charge on any atom is -0.348 e. The predicted octanol–water partition coefficient (Wildman–Crippen LogP) is 4.15. The van der Waals surface area contributed by atoms with Gasteiger partial charge in [0, 0.05) is 50.6 Å². The molecule has 0 bridgehead atoms. The van der Waals surface area contributed by atoms with E-state index in [1.54, 1.807) is 6.92 Å². The summed E-state index contributed by atoms with van der Waals surface area (Å²) < 4.78 is 81.0. The van der Waals surface area contributed by atoms with Gasteiger partial charge in [0.25, 0.3) is 5.91 Å². The summed E-state index contributed by atoms with van der Waals surface area (Å²) in [5.41, 5.74) is -2.76. The highest BCUT2D eigenvalue weighted by Gasteiger charge is 2.50. The van der Waals surface area contributed by atoms with Crippen molar-refractivity contribution in [1.82, 2.24) is 15.5 Å². The molecular weight excluding hydrogens is 424 g/mol. The second-order valence-electron chi connectivity index (χ2n) is 8.40. The number of nitrogens with zero attached hydrogens (tertiary/aromatic N) is 1. The van der Waals surface area contributed by atoms with Crippen LogP contribution in [0.3, 0.4) is 0 Å². The highest BCUT2D eigenvalue weighted by molar-refractivity contribution is 5.96. The number of hydrogen-bond acceptors (Lipinski definition) is 3. The summed E-state index contributed by atoms with van der Waals surface area (Å²) in [6.07, 6.45) is -5.24. The van der Waals surface area contributed by atoms with Crippen molar-refractivity contribution in [2.45, 2.75) is 63.0 Å². The fraction of sp³-hybridized carbons (Fsp3) is 0.667. The lowest BCUT2D eigenvalue weighted by molar-refractivity contribution is -0.138. The molecule has 1 aliphatic heterocycles. The van der Waals surface area contributed by atoms with Crippen LogP contribution >= 0.6 is 0 Å². The van der Waals surface area contributed by atoms with Gasteiger partial charge in [0.15, 0.2) is 0 Å². The molecule has 1 aromatic rings. The molecule has 0 radical (unpaired) electrons. The maximum Gasteiger partial charge on any atom is 0.417 e. The van der Waals surface area contributed by atoms with E-state index in [-0.39, 0.29) is 31.2 Å². The van der Waals surface area contributed by atoms with Gasteiger partial charge in [0.1, 0.15) is 6.67 Å². The summed E-state index contributed by atoms with van der Waals surface area (Å²) in [6, 6.07) is 2.08. The highest BCUT2D eigenvalue weighted by Crippen LogP contribution is 2.43. The van der Waals surface area contributed by atoms with Crippen LogP contribution in [0, 0.1) is 0 Å². The average molecular weight is 451 g/mol. The van der Waals surface area contributed by atoms with Crippen LogP contribution in [-0.2, 0) is 12.9 Å². The van der Waals surface area contributed by atoms with Gasteiger partial charge < -0.3 is 10.6 Å². The summed E-state index contributed by atoms with van der Waals surface area (Å²) >= 11 is 0. The van der Waals surface area contributed by atoms with E-state index in [4.69, 9.17) is 0 Å². The molecule has 10 heteroatoms. The van der Waals surface area contributed by atoms with Gasteiger partial charge in [-0.3, -0.25) is 9.69 Å². The summed E-state index contributed by atoms with van der Waals surface area (Å²) in [5, 5.41) is 5.84. The fourth-order valence-electron chi connectivity index (χ4n) is 4.70. The van der Waals surface area contributed by atoms with Gasteiger partial charge in [-0.25, -0.2) is 13.2 Å². The number of rotatable bonds is 5. The largest absolute Gasteiger partial charge is 0.417 e. The van der Waals surface area contributed by atoms with Gasteiger partial charge in [-0.15, -0.1) is 0 Å². The van der Waals surface area contributed by atoms with Crippen LogP contribution in [0.2, 0.25) is 0 Å². The van der Waals surface area contributed by atoms with Gasteiger partial charge in [-0.05, 0) is 37.5 Å². The quantitative estimate of drug-likeness (QED) is 0.662. The summed E-state index contributed by atoms with van der Waals surface area (Å²) in [4.78, 5) is 14.9. The first kappa shape index (κ1) is 23.8. The molecule has 1 aromatic carbocycles. The Bertz CT molecular complexity index is 782. The van der Waals surface area contributed by atoms with E-state index >= 15 is 0 Å². The minimum atomic E-state index is -4.83. The van der Waals surface area contributed by atoms with Crippen LogP contribution in [0.5, 0.6) is 0 Å². The number of alkyl halides is 6. The zero-order chi connectivity index (χ0) is 22.9. The van der Waals surface area contributed by atoms with Gasteiger partial charge in [0.2, 0.25) is 5.92 Å². The molecule has 1 amide bonds. The predicted molar refractivity (Wildman–Crippen MR) is 104 cm³/mol. The zero-order valence-electron chi connectivity index (χ0n) is 17.3. The smallest absolute Gasteiger partial charge is 0.348 e. The van der Waals surface area contributed by atoms with Crippen molar-refractivity contribution < 1.29 is 31.1 Å². The van der Waals surface area contributed by atoms with Crippen molar-refractivity contribution in [2.24, 2.45) is 0 Å². The molecule has 0 spiro atoms. The SMILES string of the molecule is CC(NC(=O)c1ccc(CF)cc1C(F)(F)F)C1(N2CCNCC2)CCC(F)(F)CC1. The van der Waals surface area contributed by atoms with Crippen molar-refractivity contribution in [3.8, 4) is 0 Å². The van der Waals surface area contributed by atoms with Crippen LogP contribution in [0.25, 0.3) is 0 Å². The molecule has 1 aliphatic carbocycles. The van der Waals surface area contributed by atoms with Gasteiger partial charge in [-0.2, -0.15) is 13.2 Å². The molecule has 174 valence electrons. The summed E-state index contributed by atoms with van der Waals surface area (Å²) in [5.74, 6) is -3.73. The molecule has 31 heavy (non-hydrogen) atoms. The third kappa shape index (κ3) is 5.16.